The Kier molecular flexibility index (Phi) is 8.87. The average Bonchev–Trinajstić information content (AvgIpc) is 2.77. The molecule has 0 bridgehead atoms. The minimum Gasteiger partial charge on any atom is -0.495 e. The number of halogens is 3. The zero-order valence-corrected chi connectivity index (χ0v) is 22.6. The number of anilines is 4. The maximum atomic E-state index is 6.26. The van der Waals surface area contributed by atoms with Crippen LogP contribution in [0.4, 0.5) is 23.5 Å². The van der Waals surface area contributed by atoms with Crippen LogP contribution in [-0.2, 0) is 0 Å². The maximum Gasteiger partial charge on any atom is 0.250 e. The van der Waals surface area contributed by atoms with E-state index in [1.54, 1.807) is 13.3 Å². The number of rotatable bonds is 9. The highest BCUT2D eigenvalue weighted by atomic mass is 79.9. The highest BCUT2D eigenvalue weighted by Crippen LogP contribution is 2.31. The number of hydrogen-bond acceptors (Lipinski definition) is 8. The van der Waals surface area contributed by atoms with Crippen LogP contribution in [0.5, 0.6) is 5.75 Å². The fraction of sp³-hybridized carbons (Fsp3) is 0.273. The maximum absolute atomic E-state index is 6.26. The van der Waals surface area contributed by atoms with Crippen molar-refractivity contribution in [3.8, 4) is 5.75 Å². The van der Waals surface area contributed by atoms with Crippen molar-refractivity contribution < 1.29 is 4.74 Å². The van der Waals surface area contributed by atoms with Gasteiger partial charge in [-0.2, -0.15) is 20.1 Å². The second-order valence-corrected chi connectivity index (χ2v) is 9.10. The van der Waals surface area contributed by atoms with E-state index in [9.17, 15) is 0 Å². The second-order valence-electron chi connectivity index (χ2n) is 6.92. The fourth-order valence-corrected chi connectivity index (χ4v) is 4.57. The van der Waals surface area contributed by atoms with Crippen molar-refractivity contribution in [2.75, 3.05) is 35.8 Å². The van der Waals surface area contributed by atoms with Gasteiger partial charge in [0.2, 0.25) is 17.8 Å². The lowest BCUT2D eigenvalue weighted by atomic mass is 10.2. The molecule has 11 heteroatoms. The summed E-state index contributed by atoms with van der Waals surface area (Å²) in [6.07, 6.45) is 1.64. The molecule has 1 heterocycles. The molecule has 174 valence electrons. The SMILES string of the molecule is CCN(CC)c1nc(N/N=C/c2cc(Br)cc(Br)c2OC)nc(Nc2ccc(C)c(Cl)c2)n1. The van der Waals surface area contributed by atoms with Crippen molar-refractivity contribution in [2.45, 2.75) is 20.8 Å². The molecule has 0 aliphatic carbocycles. The minimum atomic E-state index is 0.303. The summed E-state index contributed by atoms with van der Waals surface area (Å²) in [5.41, 5.74) is 5.45. The van der Waals surface area contributed by atoms with Crippen LogP contribution in [0.25, 0.3) is 0 Å². The van der Waals surface area contributed by atoms with Gasteiger partial charge in [0.25, 0.3) is 0 Å². The normalized spacial score (nSPS) is 11.0. The number of aromatic nitrogens is 3. The molecule has 0 saturated heterocycles. The largest absolute Gasteiger partial charge is 0.495 e. The number of nitrogens with one attached hydrogen (secondary N) is 2. The zero-order valence-electron chi connectivity index (χ0n) is 18.7. The van der Waals surface area contributed by atoms with Crippen molar-refractivity contribution in [1.82, 2.24) is 15.0 Å². The van der Waals surface area contributed by atoms with Gasteiger partial charge in [-0.05, 0) is 66.5 Å². The Morgan fingerprint density at radius 1 is 1.09 bits per heavy atom. The fourth-order valence-electron chi connectivity index (χ4n) is 2.97. The molecule has 0 saturated carbocycles. The van der Waals surface area contributed by atoms with E-state index in [1.165, 1.54) is 0 Å². The first-order valence-corrected chi connectivity index (χ1v) is 12.2. The molecule has 0 atom stereocenters. The van der Waals surface area contributed by atoms with E-state index in [4.69, 9.17) is 16.3 Å². The van der Waals surface area contributed by atoms with Gasteiger partial charge >= 0.3 is 0 Å². The lowest BCUT2D eigenvalue weighted by molar-refractivity contribution is 0.411. The molecule has 3 aromatic rings. The van der Waals surface area contributed by atoms with Crippen molar-refractivity contribution >= 4 is 73.2 Å². The molecule has 0 amide bonds. The van der Waals surface area contributed by atoms with Crippen molar-refractivity contribution in [1.29, 1.82) is 0 Å². The Morgan fingerprint density at radius 3 is 2.48 bits per heavy atom. The molecule has 0 spiro atoms. The lowest BCUT2D eigenvalue weighted by Crippen LogP contribution is -2.25. The van der Waals surface area contributed by atoms with E-state index in [1.807, 2.05) is 56.0 Å². The molecule has 0 aliphatic rings. The quantitative estimate of drug-likeness (QED) is 0.218. The van der Waals surface area contributed by atoms with E-state index in [0.29, 0.717) is 28.6 Å². The number of nitrogens with zero attached hydrogens (tertiary/aromatic N) is 5. The van der Waals surface area contributed by atoms with Crippen LogP contribution in [0, 0.1) is 6.92 Å². The Hall–Kier alpha value is -2.43. The van der Waals surface area contributed by atoms with Crippen molar-refractivity contribution in [3.63, 3.8) is 0 Å². The number of hydrazone groups is 1. The van der Waals surface area contributed by atoms with Crippen molar-refractivity contribution in [3.05, 3.63) is 55.4 Å². The van der Waals surface area contributed by atoms with Gasteiger partial charge in [-0.3, -0.25) is 0 Å². The molecule has 2 aromatic carbocycles. The summed E-state index contributed by atoms with van der Waals surface area (Å²) in [6.45, 7) is 7.54. The van der Waals surface area contributed by atoms with Crippen LogP contribution in [-0.4, -0.2) is 41.4 Å². The summed E-state index contributed by atoms with van der Waals surface area (Å²) in [7, 11) is 1.61. The van der Waals surface area contributed by atoms with Crippen LogP contribution in [0.3, 0.4) is 0 Å². The zero-order chi connectivity index (χ0) is 24.0. The van der Waals surface area contributed by atoms with Gasteiger partial charge in [-0.15, -0.1) is 0 Å². The third-order valence-corrected chi connectivity index (χ3v) is 6.16. The second kappa shape index (κ2) is 11.6. The Bertz CT molecular complexity index is 1160. The molecule has 3 rings (SSSR count). The van der Waals surface area contributed by atoms with E-state index in [0.717, 1.165) is 38.8 Å². The smallest absolute Gasteiger partial charge is 0.250 e. The third-order valence-electron chi connectivity index (χ3n) is 4.71. The first-order chi connectivity index (χ1) is 15.8. The van der Waals surface area contributed by atoms with Crippen LogP contribution in [0.15, 0.2) is 44.4 Å². The highest BCUT2D eigenvalue weighted by Gasteiger charge is 2.12. The Balaban J connectivity index is 1.90. The molecule has 0 aliphatic heterocycles. The molecule has 2 N–H and O–H groups in total. The van der Waals surface area contributed by atoms with E-state index in [2.05, 4.69) is 62.7 Å². The van der Waals surface area contributed by atoms with Gasteiger partial charge in [0.1, 0.15) is 5.75 Å². The molecule has 33 heavy (non-hydrogen) atoms. The molecular formula is C22H24Br2ClN7O. The average molecular weight is 598 g/mol. The predicted molar refractivity (Wildman–Crippen MR) is 142 cm³/mol. The number of methoxy groups -OCH3 is 1. The summed E-state index contributed by atoms with van der Waals surface area (Å²) < 4.78 is 7.17. The third kappa shape index (κ3) is 6.55. The number of ether oxygens (including phenoxy) is 1. The summed E-state index contributed by atoms with van der Waals surface area (Å²) in [6, 6.07) is 9.49. The van der Waals surface area contributed by atoms with E-state index >= 15 is 0 Å². The van der Waals surface area contributed by atoms with Crippen LogP contribution in [0.1, 0.15) is 25.0 Å². The summed E-state index contributed by atoms with van der Waals surface area (Å²) in [5.74, 6) is 1.89. The van der Waals surface area contributed by atoms with Gasteiger partial charge < -0.3 is 15.0 Å². The number of aryl methyl sites for hydroxylation is 1. The van der Waals surface area contributed by atoms with E-state index < -0.39 is 0 Å². The standard InChI is InChI=1S/C22H24Br2ClN7O/c1-5-32(6-2)22-29-20(27-16-8-7-13(3)18(25)11-16)28-21(30-22)31-26-12-14-9-15(23)10-17(24)19(14)33-4/h7-12H,5-6H2,1-4H3,(H2,27,28,29,30,31)/b26-12+. The van der Waals surface area contributed by atoms with Crippen molar-refractivity contribution in [2.24, 2.45) is 5.10 Å². The summed E-state index contributed by atoms with van der Waals surface area (Å²) >= 11 is 13.2. The predicted octanol–water partition coefficient (Wildman–Crippen LogP) is 6.40. The Labute approximate surface area is 215 Å². The molecule has 0 radical (unpaired) electrons. The molecular weight excluding hydrogens is 574 g/mol. The van der Waals surface area contributed by atoms with E-state index in [-0.39, 0.29) is 0 Å². The van der Waals surface area contributed by atoms with Crippen LogP contribution in [0.2, 0.25) is 5.02 Å². The topological polar surface area (TPSA) is 87.6 Å². The molecule has 8 nitrogen and oxygen atoms in total. The van der Waals surface area contributed by atoms with Gasteiger partial charge in [-0.1, -0.05) is 33.6 Å². The van der Waals surface area contributed by atoms with Crippen LogP contribution >= 0.6 is 43.5 Å². The van der Waals surface area contributed by atoms with Crippen LogP contribution < -0.4 is 20.4 Å². The molecule has 0 fully saturated rings. The molecule has 1 aromatic heterocycles. The minimum absolute atomic E-state index is 0.303. The molecule has 0 unspecified atom stereocenters. The van der Waals surface area contributed by atoms with Gasteiger partial charge in [0.05, 0.1) is 17.8 Å². The van der Waals surface area contributed by atoms with Gasteiger partial charge in [0.15, 0.2) is 0 Å². The van der Waals surface area contributed by atoms with Gasteiger partial charge in [0, 0.05) is 33.8 Å². The number of benzene rings is 2. The first kappa shape index (κ1) is 25.2. The lowest BCUT2D eigenvalue weighted by Gasteiger charge is -2.19. The summed E-state index contributed by atoms with van der Waals surface area (Å²) in [4.78, 5) is 15.6. The monoisotopic (exact) mass is 595 g/mol. The van der Waals surface area contributed by atoms with Gasteiger partial charge in [-0.25, -0.2) is 5.43 Å². The Morgan fingerprint density at radius 2 is 1.82 bits per heavy atom. The number of hydrogen-bond donors (Lipinski definition) is 2. The first-order valence-electron chi connectivity index (χ1n) is 10.2. The highest BCUT2D eigenvalue weighted by molar-refractivity contribution is 9.11. The summed E-state index contributed by atoms with van der Waals surface area (Å²) in [5, 5.41) is 8.17.